The maximum absolute atomic E-state index is 13.8. The average molecular weight is 360 g/mol. The van der Waals surface area contributed by atoms with E-state index in [4.69, 9.17) is 0 Å². The molecule has 0 aliphatic carbocycles. The van der Waals surface area contributed by atoms with Crippen molar-refractivity contribution in [1.82, 2.24) is 15.1 Å². The molecule has 21 heavy (non-hydrogen) atoms. The van der Waals surface area contributed by atoms with Gasteiger partial charge in [-0.15, -0.1) is 0 Å². The molecule has 0 atom stereocenters. The topological polar surface area (TPSA) is 35.6 Å². The minimum absolute atomic E-state index is 0.288. The van der Waals surface area contributed by atoms with Crippen molar-refractivity contribution >= 4 is 21.8 Å². The SMILES string of the molecule is O=C(c1c(F)cc(Br)cc1F)N1CCN(C2CNC2)CC1. The van der Waals surface area contributed by atoms with Crippen molar-refractivity contribution in [3.63, 3.8) is 0 Å². The Kier molecular flexibility index (Phi) is 4.24. The highest BCUT2D eigenvalue weighted by Gasteiger charge is 2.31. The van der Waals surface area contributed by atoms with Gasteiger partial charge in [0, 0.05) is 49.8 Å². The van der Waals surface area contributed by atoms with Gasteiger partial charge in [0.05, 0.1) is 0 Å². The Balaban J connectivity index is 1.69. The first kappa shape index (κ1) is 14.9. The van der Waals surface area contributed by atoms with Crippen LogP contribution in [0.2, 0.25) is 0 Å². The lowest BCUT2D eigenvalue weighted by atomic mass is 10.1. The summed E-state index contributed by atoms with van der Waals surface area (Å²) >= 11 is 3.01. The Morgan fingerprint density at radius 3 is 2.19 bits per heavy atom. The highest BCUT2D eigenvalue weighted by atomic mass is 79.9. The van der Waals surface area contributed by atoms with Crippen molar-refractivity contribution in [2.24, 2.45) is 0 Å². The van der Waals surface area contributed by atoms with Gasteiger partial charge in [0.15, 0.2) is 0 Å². The fourth-order valence-corrected chi connectivity index (χ4v) is 3.13. The summed E-state index contributed by atoms with van der Waals surface area (Å²) < 4.78 is 28.0. The predicted molar refractivity (Wildman–Crippen MR) is 78.2 cm³/mol. The summed E-state index contributed by atoms with van der Waals surface area (Å²) in [6.45, 7) is 4.46. The van der Waals surface area contributed by atoms with Gasteiger partial charge in [-0.3, -0.25) is 9.69 Å². The van der Waals surface area contributed by atoms with E-state index in [9.17, 15) is 13.6 Å². The fourth-order valence-electron chi connectivity index (χ4n) is 2.73. The minimum Gasteiger partial charge on any atom is -0.336 e. The summed E-state index contributed by atoms with van der Waals surface area (Å²) in [4.78, 5) is 16.2. The van der Waals surface area contributed by atoms with E-state index in [1.165, 1.54) is 4.90 Å². The standard InChI is InChI=1S/C14H16BrF2N3O/c15-9-5-11(16)13(12(17)6-9)14(21)20-3-1-19(2-4-20)10-7-18-8-10/h5-6,10,18H,1-4,7-8H2. The van der Waals surface area contributed by atoms with Crippen LogP contribution in [0.25, 0.3) is 0 Å². The van der Waals surface area contributed by atoms with Crippen LogP contribution in [-0.4, -0.2) is 61.0 Å². The van der Waals surface area contributed by atoms with Crippen LogP contribution in [0.1, 0.15) is 10.4 Å². The quantitative estimate of drug-likeness (QED) is 0.868. The molecule has 1 N–H and O–H groups in total. The first-order valence-electron chi connectivity index (χ1n) is 6.95. The molecule has 0 bridgehead atoms. The molecule has 114 valence electrons. The zero-order chi connectivity index (χ0) is 15.0. The molecule has 2 heterocycles. The number of nitrogens with zero attached hydrogens (tertiary/aromatic N) is 2. The second kappa shape index (κ2) is 5.98. The molecule has 0 saturated carbocycles. The number of nitrogens with one attached hydrogen (secondary N) is 1. The molecule has 1 amide bonds. The summed E-state index contributed by atoms with van der Waals surface area (Å²) in [5, 5.41) is 3.21. The van der Waals surface area contributed by atoms with Crippen LogP contribution in [0, 0.1) is 11.6 Å². The van der Waals surface area contributed by atoms with E-state index >= 15 is 0 Å². The van der Waals surface area contributed by atoms with Crippen LogP contribution in [0.5, 0.6) is 0 Å². The van der Waals surface area contributed by atoms with Crippen molar-refractivity contribution < 1.29 is 13.6 Å². The van der Waals surface area contributed by atoms with Gasteiger partial charge in [-0.25, -0.2) is 8.78 Å². The third-order valence-electron chi connectivity index (χ3n) is 4.10. The molecule has 0 radical (unpaired) electrons. The van der Waals surface area contributed by atoms with E-state index in [2.05, 4.69) is 26.1 Å². The van der Waals surface area contributed by atoms with Gasteiger partial charge in [0.25, 0.3) is 5.91 Å². The zero-order valence-electron chi connectivity index (χ0n) is 11.4. The second-order valence-corrected chi connectivity index (χ2v) is 6.30. The molecule has 3 rings (SSSR count). The largest absolute Gasteiger partial charge is 0.336 e. The first-order chi connectivity index (χ1) is 10.1. The number of carbonyl (C=O) groups is 1. The predicted octanol–water partition coefficient (Wildman–Crippen LogP) is 1.46. The maximum atomic E-state index is 13.8. The third kappa shape index (κ3) is 2.95. The number of hydrogen-bond donors (Lipinski definition) is 1. The van der Waals surface area contributed by atoms with E-state index in [0.717, 1.165) is 38.3 Å². The molecule has 0 aromatic heterocycles. The van der Waals surface area contributed by atoms with Crippen LogP contribution < -0.4 is 5.32 Å². The Bertz CT molecular complexity index is 534. The Morgan fingerprint density at radius 2 is 1.71 bits per heavy atom. The number of carbonyl (C=O) groups excluding carboxylic acids is 1. The molecule has 2 fully saturated rings. The Hall–Kier alpha value is -1.05. The van der Waals surface area contributed by atoms with E-state index in [0.29, 0.717) is 19.1 Å². The molecule has 1 aromatic rings. The molecule has 2 saturated heterocycles. The van der Waals surface area contributed by atoms with E-state index < -0.39 is 23.1 Å². The van der Waals surface area contributed by atoms with Gasteiger partial charge in [-0.05, 0) is 12.1 Å². The number of halogens is 3. The number of benzene rings is 1. The average Bonchev–Trinajstić information content (AvgIpc) is 2.36. The zero-order valence-corrected chi connectivity index (χ0v) is 13.0. The van der Waals surface area contributed by atoms with Gasteiger partial charge in [0.1, 0.15) is 17.2 Å². The van der Waals surface area contributed by atoms with Crippen LogP contribution >= 0.6 is 15.9 Å². The molecule has 0 spiro atoms. The summed E-state index contributed by atoms with van der Waals surface area (Å²) in [6.07, 6.45) is 0. The maximum Gasteiger partial charge on any atom is 0.259 e. The lowest BCUT2D eigenvalue weighted by Gasteiger charge is -2.43. The second-order valence-electron chi connectivity index (χ2n) is 5.38. The number of rotatable bonds is 2. The molecule has 2 aliphatic rings. The van der Waals surface area contributed by atoms with Crippen molar-refractivity contribution in [1.29, 1.82) is 0 Å². The van der Waals surface area contributed by atoms with E-state index in [-0.39, 0.29) is 4.47 Å². The number of hydrogen-bond acceptors (Lipinski definition) is 3. The molecule has 2 aliphatic heterocycles. The van der Waals surface area contributed by atoms with Gasteiger partial charge in [-0.2, -0.15) is 0 Å². The highest BCUT2D eigenvalue weighted by molar-refractivity contribution is 9.10. The Morgan fingerprint density at radius 1 is 1.14 bits per heavy atom. The summed E-state index contributed by atoms with van der Waals surface area (Å²) in [5.74, 6) is -2.21. The third-order valence-corrected chi connectivity index (χ3v) is 4.56. The van der Waals surface area contributed by atoms with Gasteiger partial charge < -0.3 is 10.2 Å². The van der Waals surface area contributed by atoms with E-state index in [1.54, 1.807) is 0 Å². The Labute approximate surface area is 130 Å². The van der Waals surface area contributed by atoms with Crippen LogP contribution in [0.15, 0.2) is 16.6 Å². The van der Waals surface area contributed by atoms with Crippen molar-refractivity contribution in [3.05, 3.63) is 33.8 Å². The van der Waals surface area contributed by atoms with Gasteiger partial charge in [-0.1, -0.05) is 15.9 Å². The smallest absolute Gasteiger partial charge is 0.259 e. The van der Waals surface area contributed by atoms with E-state index in [1.807, 2.05) is 0 Å². The normalized spacial score (nSPS) is 20.4. The van der Waals surface area contributed by atoms with Gasteiger partial charge >= 0.3 is 0 Å². The first-order valence-corrected chi connectivity index (χ1v) is 7.74. The van der Waals surface area contributed by atoms with Crippen LogP contribution in [0.4, 0.5) is 8.78 Å². The van der Waals surface area contributed by atoms with Gasteiger partial charge in [0.2, 0.25) is 0 Å². The molecule has 1 aromatic carbocycles. The fraction of sp³-hybridized carbons (Fsp3) is 0.500. The van der Waals surface area contributed by atoms with Crippen LogP contribution in [-0.2, 0) is 0 Å². The summed E-state index contributed by atoms with van der Waals surface area (Å²) in [6, 6.07) is 2.77. The monoisotopic (exact) mass is 359 g/mol. The number of piperazine rings is 1. The van der Waals surface area contributed by atoms with Crippen LogP contribution in [0.3, 0.4) is 0 Å². The molecule has 4 nitrogen and oxygen atoms in total. The molecular formula is C14H16BrF2N3O. The summed E-state index contributed by atoms with van der Waals surface area (Å²) in [7, 11) is 0. The highest BCUT2D eigenvalue weighted by Crippen LogP contribution is 2.21. The minimum atomic E-state index is -0.822. The lowest BCUT2D eigenvalue weighted by molar-refractivity contribution is 0.0494. The number of amides is 1. The molecule has 7 heteroatoms. The lowest BCUT2D eigenvalue weighted by Crippen LogP contribution is -2.62. The molecule has 0 unspecified atom stereocenters. The van der Waals surface area contributed by atoms with Crippen molar-refractivity contribution in [2.75, 3.05) is 39.3 Å². The molecular weight excluding hydrogens is 344 g/mol. The van der Waals surface area contributed by atoms with Crippen molar-refractivity contribution in [2.45, 2.75) is 6.04 Å². The summed E-state index contributed by atoms with van der Waals surface area (Å²) in [5.41, 5.74) is -0.461. The van der Waals surface area contributed by atoms with Crippen molar-refractivity contribution in [3.8, 4) is 0 Å².